The van der Waals surface area contributed by atoms with Crippen LogP contribution in [0.2, 0.25) is 0 Å². The van der Waals surface area contributed by atoms with E-state index >= 15 is 0 Å². The van der Waals surface area contributed by atoms with Crippen molar-refractivity contribution >= 4 is 34.4 Å². The van der Waals surface area contributed by atoms with Crippen molar-refractivity contribution in [2.75, 3.05) is 24.4 Å². The van der Waals surface area contributed by atoms with E-state index in [1.54, 1.807) is 6.07 Å². The van der Waals surface area contributed by atoms with Crippen LogP contribution in [0.4, 0.5) is 19.0 Å². The van der Waals surface area contributed by atoms with E-state index in [9.17, 15) is 22.8 Å². The highest BCUT2D eigenvalue weighted by Crippen LogP contribution is 2.36. The molecule has 0 radical (unpaired) electrons. The molecule has 3 heterocycles. The Morgan fingerprint density at radius 1 is 1.32 bits per heavy atom. The second-order valence-corrected chi connectivity index (χ2v) is 9.29. The molecule has 1 aromatic carbocycles. The molecule has 4 rings (SSSR count). The molecule has 2 aromatic heterocycles. The lowest BCUT2D eigenvalue weighted by Crippen LogP contribution is -2.53. The van der Waals surface area contributed by atoms with Gasteiger partial charge in [0.1, 0.15) is 29.7 Å². The summed E-state index contributed by atoms with van der Waals surface area (Å²) in [5, 5.41) is 6.34. The van der Waals surface area contributed by atoms with Crippen molar-refractivity contribution < 1.29 is 22.7 Å². The minimum Gasteiger partial charge on any atom is -0.381 e. The number of carbonyl (C=O) groups is 1. The zero-order valence-electron chi connectivity index (χ0n) is 20.7. The lowest BCUT2D eigenvalue weighted by molar-refractivity contribution is -0.138. The Hall–Kier alpha value is -3.62. The molecule has 0 saturated carbocycles. The van der Waals surface area contributed by atoms with Gasteiger partial charge in [-0.25, -0.2) is 9.97 Å². The zero-order valence-corrected chi connectivity index (χ0v) is 21.4. The molecule has 1 amide bonds. The number of pyridine rings is 1. The van der Waals surface area contributed by atoms with Crippen LogP contribution in [0.3, 0.4) is 0 Å². The van der Waals surface area contributed by atoms with Crippen LogP contribution in [0.25, 0.3) is 11.0 Å². The molecular weight excluding hydrogens is 523 g/mol. The summed E-state index contributed by atoms with van der Waals surface area (Å²) in [6.07, 6.45) is 3.11. The van der Waals surface area contributed by atoms with Gasteiger partial charge in [-0.15, -0.1) is 18.0 Å². The molecule has 1 fully saturated rings. The first kappa shape index (κ1) is 27.4. The van der Waals surface area contributed by atoms with E-state index in [2.05, 4.69) is 26.5 Å². The highest BCUT2D eigenvalue weighted by molar-refractivity contribution is 6.27. The first-order valence-electron chi connectivity index (χ1n) is 11.7. The molecule has 1 aliphatic rings. The molecule has 0 bridgehead atoms. The summed E-state index contributed by atoms with van der Waals surface area (Å²) in [7, 11) is 1.54. The molecule has 1 aliphatic heterocycles. The third-order valence-electron chi connectivity index (χ3n) is 6.81. The van der Waals surface area contributed by atoms with Crippen molar-refractivity contribution in [3.63, 3.8) is 0 Å². The number of anilines is 1. The lowest BCUT2D eigenvalue weighted by Gasteiger charge is -2.38. The minimum atomic E-state index is -4.54. The van der Waals surface area contributed by atoms with Gasteiger partial charge in [-0.3, -0.25) is 14.2 Å². The summed E-state index contributed by atoms with van der Waals surface area (Å²) in [4.78, 5) is 34.3. The van der Waals surface area contributed by atoms with Crippen LogP contribution >= 0.6 is 11.6 Å². The Bertz CT molecular complexity index is 1480. The van der Waals surface area contributed by atoms with Crippen LogP contribution in [0.5, 0.6) is 0 Å². The maximum absolute atomic E-state index is 13.5. The second-order valence-electron chi connectivity index (χ2n) is 9.02. The van der Waals surface area contributed by atoms with Crippen molar-refractivity contribution in [3.8, 4) is 12.3 Å². The van der Waals surface area contributed by atoms with Crippen molar-refractivity contribution in [1.82, 2.24) is 19.9 Å². The number of fused-ring (bicyclic) bond motifs is 1. The Kier molecular flexibility index (Phi) is 7.67. The summed E-state index contributed by atoms with van der Waals surface area (Å²) in [6, 6.07) is 4.43. The van der Waals surface area contributed by atoms with Crippen molar-refractivity contribution in [1.29, 1.82) is 0 Å². The zero-order chi connectivity index (χ0) is 27.7. The maximum Gasteiger partial charge on any atom is 0.416 e. The summed E-state index contributed by atoms with van der Waals surface area (Å²) in [6.45, 7) is 1.99. The highest BCUT2D eigenvalue weighted by Gasteiger charge is 2.39. The van der Waals surface area contributed by atoms with Crippen molar-refractivity contribution in [2.45, 2.75) is 37.5 Å². The summed E-state index contributed by atoms with van der Waals surface area (Å²) < 4.78 is 47.4. The van der Waals surface area contributed by atoms with Crippen LogP contribution in [0, 0.1) is 19.3 Å². The van der Waals surface area contributed by atoms with E-state index in [0.717, 1.165) is 6.07 Å². The Morgan fingerprint density at radius 2 is 2.03 bits per heavy atom. The van der Waals surface area contributed by atoms with Gasteiger partial charge in [0, 0.05) is 25.8 Å². The van der Waals surface area contributed by atoms with E-state index in [-0.39, 0.29) is 34.0 Å². The second kappa shape index (κ2) is 10.6. The van der Waals surface area contributed by atoms with Crippen LogP contribution < -0.4 is 16.2 Å². The number of carbonyl (C=O) groups excluding carboxylic acids is 1. The van der Waals surface area contributed by atoms with Gasteiger partial charge in [0.25, 0.3) is 5.56 Å². The number of halogens is 4. The van der Waals surface area contributed by atoms with Crippen LogP contribution in [-0.4, -0.2) is 39.5 Å². The topological polar surface area (TPSA) is 98.1 Å². The van der Waals surface area contributed by atoms with Gasteiger partial charge in [-0.1, -0.05) is 18.1 Å². The first-order valence-corrected chi connectivity index (χ1v) is 12.2. The summed E-state index contributed by atoms with van der Waals surface area (Å²) in [5.74, 6) is 2.00. The number of hydrogen-bond donors (Lipinski definition) is 2. The molecule has 2 N–H and O–H groups in total. The predicted molar refractivity (Wildman–Crippen MR) is 137 cm³/mol. The molecule has 0 spiro atoms. The number of rotatable bonds is 6. The van der Waals surface area contributed by atoms with E-state index in [4.69, 9.17) is 22.8 Å². The van der Waals surface area contributed by atoms with E-state index in [1.165, 1.54) is 37.0 Å². The first-order chi connectivity index (χ1) is 18.0. The summed E-state index contributed by atoms with van der Waals surface area (Å²) in [5.41, 5.74) is -1.38. The standard InChI is InChI=1S/C26H25ClF3N5O3/c1-4-20(16-6-5-7-18(15(16)2)26(28,29)30)33-22-17-12-19(24(37)35(3)23(17)32-14-31-22)25(34-21(36)13-27)8-10-38-11-9-25/h1,5-7,12,14,20H,8-11,13H2,2-3H3,(H,34,36)(H,31,32,33)/t20-/m1/s1. The molecule has 0 aliphatic carbocycles. The third kappa shape index (κ3) is 5.06. The molecule has 1 saturated heterocycles. The normalized spacial score (nSPS) is 16.0. The van der Waals surface area contributed by atoms with Gasteiger partial charge in [0.15, 0.2) is 0 Å². The fourth-order valence-corrected chi connectivity index (χ4v) is 4.90. The Morgan fingerprint density at radius 3 is 2.66 bits per heavy atom. The Labute approximate surface area is 221 Å². The van der Waals surface area contributed by atoms with E-state index < -0.39 is 29.2 Å². The monoisotopic (exact) mass is 547 g/mol. The van der Waals surface area contributed by atoms with Crippen LogP contribution in [0.1, 0.15) is 41.1 Å². The number of amides is 1. The number of alkyl halides is 4. The average Bonchev–Trinajstić information content (AvgIpc) is 2.89. The van der Waals surface area contributed by atoms with Gasteiger partial charge in [-0.2, -0.15) is 13.2 Å². The van der Waals surface area contributed by atoms with Crippen LogP contribution in [0.15, 0.2) is 35.4 Å². The fourth-order valence-electron chi connectivity index (χ4n) is 4.83. The fraction of sp³-hybridized carbons (Fsp3) is 0.385. The average molecular weight is 548 g/mol. The van der Waals surface area contributed by atoms with Gasteiger partial charge < -0.3 is 15.4 Å². The molecule has 12 heteroatoms. The minimum absolute atomic E-state index is 0.00755. The van der Waals surface area contributed by atoms with Gasteiger partial charge in [-0.05, 0) is 43.0 Å². The highest BCUT2D eigenvalue weighted by atomic mass is 35.5. The van der Waals surface area contributed by atoms with E-state index in [0.29, 0.717) is 37.0 Å². The lowest BCUT2D eigenvalue weighted by atomic mass is 9.82. The number of aryl methyl sites for hydroxylation is 1. The molecule has 38 heavy (non-hydrogen) atoms. The number of hydrogen-bond acceptors (Lipinski definition) is 6. The Balaban J connectivity index is 1.86. The third-order valence-corrected chi connectivity index (χ3v) is 7.05. The largest absolute Gasteiger partial charge is 0.416 e. The predicted octanol–water partition coefficient (Wildman–Crippen LogP) is 3.80. The molecule has 0 unspecified atom stereocenters. The summed E-state index contributed by atoms with van der Waals surface area (Å²) >= 11 is 5.75. The maximum atomic E-state index is 13.5. The van der Waals surface area contributed by atoms with Crippen molar-refractivity contribution in [3.05, 3.63) is 63.2 Å². The molecule has 3 aromatic rings. The van der Waals surface area contributed by atoms with Gasteiger partial charge in [0.2, 0.25) is 5.91 Å². The number of aromatic nitrogens is 3. The molecule has 8 nitrogen and oxygen atoms in total. The van der Waals surface area contributed by atoms with E-state index in [1.807, 2.05) is 0 Å². The van der Waals surface area contributed by atoms with Crippen molar-refractivity contribution in [2.24, 2.45) is 7.05 Å². The number of terminal acetylenes is 1. The molecule has 200 valence electrons. The van der Waals surface area contributed by atoms with Gasteiger partial charge in [0.05, 0.1) is 16.5 Å². The number of benzene rings is 1. The molecule has 1 atom stereocenters. The SMILES string of the molecule is C#C[C@@H](Nc1ncnc2c1cc(C1(NC(=O)CCl)CCOCC1)c(=O)n2C)c1cccc(C(F)(F)F)c1C. The number of nitrogens with zero attached hydrogens (tertiary/aromatic N) is 3. The van der Waals surface area contributed by atoms with Crippen LogP contribution in [-0.2, 0) is 28.3 Å². The number of nitrogens with one attached hydrogen (secondary N) is 2. The number of ether oxygens (including phenoxy) is 1. The molecular formula is C26H25ClF3N5O3. The smallest absolute Gasteiger partial charge is 0.381 e. The quantitative estimate of drug-likeness (QED) is 0.360. The van der Waals surface area contributed by atoms with Gasteiger partial charge >= 0.3 is 6.18 Å².